The highest BCUT2D eigenvalue weighted by Crippen LogP contribution is 2.38. The average Bonchev–Trinajstić information content (AvgIpc) is 2.36. The summed E-state index contributed by atoms with van der Waals surface area (Å²) in [5.74, 6) is -1.68. The molecule has 22 heavy (non-hydrogen) atoms. The summed E-state index contributed by atoms with van der Waals surface area (Å²) in [6.07, 6.45) is -4.38. The predicted octanol–water partition coefficient (Wildman–Crippen LogP) is 4.72. The first kappa shape index (κ1) is 18.3. The van der Waals surface area contributed by atoms with Crippen LogP contribution >= 0.6 is 39.1 Å². The van der Waals surface area contributed by atoms with Gasteiger partial charge in [-0.2, -0.15) is 17.5 Å². The van der Waals surface area contributed by atoms with Crippen LogP contribution in [0.1, 0.15) is 12.8 Å². The molecule has 1 aromatic rings. The molecule has 0 saturated carbocycles. The Labute approximate surface area is 144 Å². The third kappa shape index (κ3) is 3.72. The molecule has 2 rings (SSSR count). The van der Waals surface area contributed by atoms with Crippen molar-refractivity contribution in [2.45, 2.75) is 23.9 Å². The Balaban J connectivity index is 2.39. The summed E-state index contributed by atoms with van der Waals surface area (Å²) >= 11 is 15.0. The zero-order chi connectivity index (χ0) is 16.7. The molecule has 1 aliphatic rings. The lowest BCUT2D eigenvalue weighted by molar-refractivity contribution is -0.182. The molecule has 0 radical (unpaired) electrons. The van der Waals surface area contributed by atoms with Gasteiger partial charge in [-0.3, -0.25) is 0 Å². The number of rotatable bonds is 2. The lowest BCUT2D eigenvalue weighted by Crippen LogP contribution is -2.44. The van der Waals surface area contributed by atoms with Gasteiger partial charge in [-0.1, -0.05) is 39.1 Å². The van der Waals surface area contributed by atoms with Crippen molar-refractivity contribution >= 4 is 49.2 Å². The van der Waals surface area contributed by atoms with Crippen molar-refractivity contribution in [3.05, 3.63) is 26.7 Å². The third-order valence-electron chi connectivity index (χ3n) is 3.41. The van der Waals surface area contributed by atoms with Crippen molar-refractivity contribution in [2.75, 3.05) is 13.1 Å². The molecule has 124 valence electrons. The first-order chi connectivity index (χ1) is 10.0. The molecular weight excluding hydrogens is 430 g/mol. The van der Waals surface area contributed by atoms with Crippen LogP contribution in [-0.2, 0) is 10.0 Å². The highest BCUT2D eigenvalue weighted by atomic mass is 79.9. The topological polar surface area (TPSA) is 37.4 Å². The number of piperidine rings is 1. The number of alkyl halides is 3. The van der Waals surface area contributed by atoms with Crippen molar-refractivity contribution in [1.29, 1.82) is 0 Å². The summed E-state index contributed by atoms with van der Waals surface area (Å²) in [6.45, 7) is -0.605. The summed E-state index contributed by atoms with van der Waals surface area (Å²) in [7, 11) is -4.18. The molecule has 0 N–H and O–H groups in total. The fourth-order valence-corrected chi connectivity index (χ4v) is 5.74. The second-order valence-electron chi connectivity index (χ2n) is 4.94. The summed E-state index contributed by atoms with van der Waals surface area (Å²) in [5.41, 5.74) is 0. The summed E-state index contributed by atoms with van der Waals surface area (Å²) < 4.78 is 65.0. The summed E-state index contributed by atoms with van der Waals surface area (Å²) in [5, 5.41) is -0.262. The molecule has 3 nitrogen and oxygen atoms in total. The van der Waals surface area contributed by atoms with Crippen molar-refractivity contribution < 1.29 is 21.6 Å². The number of halogens is 6. The Kier molecular flexibility index (Phi) is 5.39. The first-order valence-electron chi connectivity index (χ1n) is 6.25. The van der Waals surface area contributed by atoms with Gasteiger partial charge in [-0.15, -0.1) is 0 Å². The first-order valence-corrected chi connectivity index (χ1v) is 9.24. The standard InChI is InChI=1S/C12H11BrCl2F3NO2S/c13-8-4-9(14)11(10(15)5-8)22(20,21)19-3-1-2-7(6-19)12(16,17)18/h4-5,7H,1-3,6H2. The van der Waals surface area contributed by atoms with Crippen molar-refractivity contribution in [1.82, 2.24) is 4.31 Å². The normalized spacial score (nSPS) is 21.1. The predicted molar refractivity (Wildman–Crippen MR) is 81.7 cm³/mol. The summed E-state index contributed by atoms with van der Waals surface area (Å²) in [6, 6.07) is 2.68. The van der Waals surface area contributed by atoms with E-state index in [2.05, 4.69) is 15.9 Å². The van der Waals surface area contributed by atoms with Crippen LogP contribution in [0.25, 0.3) is 0 Å². The lowest BCUT2D eigenvalue weighted by Gasteiger charge is -2.33. The zero-order valence-electron chi connectivity index (χ0n) is 11.0. The Morgan fingerprint density at radius 3 is 2.27 bits per heavy atom. The average molecular weight is 441 g/mol. The smallest absolute Gasteiger partial charge is 0.207 e. The lowest BCUT2D eigenvalue weighted by atomic mass is 9.99. The van der Waals surface area contributed by atoms with Crippen molar-refractivity contribution in [2.24, 2.45) is 5.92 Å². The quantitative estimate of drug-likeness (QED) is 0.667. The largest absolute Gasteiger partial charge is 0.393 e. The SMILES string of the molecule is O=S(=O)(c1c(Cl)cc(Br)cc1Cl)N1CCCC(C(F)(F)F)C1. The minimum absolute atomic E-state index is 0.0115. The molecule has 0 aromatic heterocycles. The molecule has 1 saturated heterocycles. The van der Waals surface area contributed by atoms with E-state index in [1.165, 1.54) is 12.1 Å². The zero-order valence-corrected chi connectivity index (χ0v) is 14.9. The van der Waals surface area contributed by atoms with Gasteiger partial charge in [0.2, 0.25) is 10.0 Å². The fraction of sp³-hybridized carbons (Fsp3) is 0.500. The molecule has 0 amide bonds. The van der Waals surface area contributed by atoms with Gasteiger partial charge in [0.05, 0.1) is 16.0 Å². The minimum atomic E-state index is -4.43. The molecule has 1 heterocycles. The van der Waals surface area contributed by atoms with E-state index in [0.717, 1.165) is 4.31 Å². The van der Waals surface area contributed by atoms with Crippen LogP contribution in [0, 0.1) is 5.92 Å². The molecule has 1 aromatic carbocycles. The van der Waals surface area contributed by atoms with Gasteiger partial charge >= 0.3 is 6.18 Å². The highest BCUT2D eigenvalue weighted by Gasteiger charge is 2.44. The van der Waals surface area contributed by atoms with Gasteiger partial charge in [0, 0.05) is 17.6 Å². The molecule has 0 bridgehead atoms. The van der Waals surface area contributed by atoms with E-state index < -0.39 is 28.7 Å². The Hall–Kier alpha value is -0.0200. The third-order valence-corrected chi connectivity index (χ3v) is 6.65. The fourth-order valence-electron chi connectivity index (χ4n) is 2.33. The Morgan fingerprint density at radius 2 is 1.77 bits per heavy atom. The van der Waals surface area contributed by atoms with Crippen molar-refractivity contribution in [3.63, 3.8) is 0 Å². The molecule has 1 unspecified atom stereocenters. The van der Waals surface area contributed by atoms with E-state index in [1.54, 1.807) is 0 Å². The van der Waals surface area contributed by atoms with Crippen LogP contribution in [-0.4, -0.2) is 32.0 Å². The maximum Gasteiger partial charge on any atom is 0.393 e. The van der Waals surface area contributed by atoms with Crippen molar-refractivity contribution in [3.8, 4) is 0 Å². The second kappa shape index (κ2) is 6.47. The van der Waals surface area contributed by atoms with Crippen LogP contribution < -0.4 is 0 Å². The van der Waals surface area contributed by atoms with E-state index >= 15 is 0 Å². The molecular formula is C12H11BrCl2F3NO2S. The van der Waals surface area contributed by atoms with Gasteiger partial charge in [0.15, 0.2) is 0 Å². The maximum absolute atomic E-state index is 12.8. The molecule has 10 heteroatoms. The van der Waals surface area contributed by atoms with Gasteiger partial charge in [0.25, 0.3) is 0 Å². The molecule has 1 atom stereocenters. The second-order valence-corrected chi connectivity index (χ2v) is 8.55. The van der Waals surface area contributed by atoms with Crippen LogP contribution in [0.3, 0.4) is 0 Å². The van der Waals surface area contributed by atoms with E-state index in [1.807, 2.05) is 0 Å². The van der Waals surface area contributed by atoms with Gasteiger partial charge in [-0.25, -0.2) is 8.42 Å². The van der Waals surface area contributed by atoms with Gasteiger partial charge < -0.3 is 0 Å². The molecule has 0 aliphatic carbocycles. The van der Waals surface area contributed by atoms with Gasteiger partial charge in [0.1, 0.15) is 4.90 Å². The summed E-state index contributed by atoms with van der Waals surface area (Å²) in [4.78, 5) is -0.359. The minimum Gasteiger partial charge on any atom is -0.207 e. The number of hydrogen-bond acceptors (Lipinski definition) is 2. The maximum atomic E-state index is 12.8. The van der Waals surface area contributed by atoms with Crippen LogP contribution in [0.4, 0.5) is 13.2 Å². The van der Waals surface area contributed by atoms with Crippen LogP contribution in [0.5, 0.6) is 0 Å². The Morgan fingerprint density at radius 1 is 1.23 bits per heavy atom. The van der Waals surface area contributed by atoms with E-state index in [9.17, 15) is 21.6 Å². The monoisotopic (exact) mass is 439 g/mol. The number of sulfonamides is 1. The molecule has 0 spiro atoms. The number of benzene rings is 1. The Bertz CT molecular complexity index is 658. The highest BCUT2D eigenvalue weighted by molar-refractivity contribution is 9.10. The van der Waals surface area contributed by atoms with Crippen LogP contribution in [0.2, 0.25) is 10.0 Å². The molecule has 1 fully saturated rings. The van der Waals surface area contributed by atoms with E-state index in [0.29, 0.717) is 4.47 Å². The number of hydrogen-bond donors (Lipinski definition) is 0. The van der Waals surface area contributed by atoms with E-state index in [4.69, 9.17) is 23.2 Å². The van der Waals surface area contributed by atoms with Gasteiger partial charge in [-0.05, 0) is 25.0 Å². The number of nitrogens with zero attached hydrogens (tertiary/aromatic N) is 1. The van der Waals surface area contributed by atoms with E-state index in [-0.39, 0.29) is 34.3 Å². The molecule has 1 aliphatic heterocycles. The van der Waals surface area contributed by atoms with Crippen LogP contribution in [0.15, 0.2) is 21.5 Å².